The van der Waals surface area contributed by atoms with Gasteiger partial charge in [-0.05, 0) is 49.7 Å². The van der Waals surface area contributed by atoms with Crippen molar-refractivity contribution in [3.63, 3.8) is 0 Å². The van der Waals surface area contributed by atoms with E-state index in [9.17, 15) is 29.4 Å². The first-order chi connectivity index (χ1) is 14.5. The van der Waals surface area contributed by atoms with E-state index in [0.717, 1.165) is 0 Å². The summed E-state index contributed by atoms with van der Waals surface area (Å²) in [6.45, 7) is 4.57. The highest BCUT2D eigenvalue weighted by Gasteiger charge is 2.33. The molecular formula is C19H36N4O6S2. The van der Waals surface area contributed by atoms with E-state index in [2.05, 4.69) is 16.0 Å². The monoisotopic (exact) mass is 480 g/mol. The van der Waals surface area contributed by atoms with E-state index in [1.165, 1.54) is 18.7 Å². The smallest absolute Gasteiger partial charge is 0.326 e. The number of hydrogen-bond acceptors (Lipinski definition) is 8. The molecule has 0 aliphatic rings. The number of aliphatic hydroxyl groups is 1. The van der Waals surface area contributed by atoms with Gasteiger partial charge in [0.25, 0.3) is 0 Å². The Kier molecular flexibility index (Phi) is 14.6. The van der Waals surface area contributed by atoms with E-state index >= 15 is 0 Å². The van der Waals surface area contributed by atoms with Crippen molar-refractivity contribution < 1.29 is 29.4 Å². The predicted molar refractivity (Wildman–Crippen MR) is 124 cm³/mol. The molecule has 0 fully saturated rings. The Balaban J connectivity index is 5.31. The SMILES string of the molecule is CSCCC(N)C(=O)NC(CCSC)C(=O)NC(C(=O)NC(C(=O)O)C(C)C)C(C)O. The van der Waals surface area contributed by atoms with Crippen LogP contribution in [0.4, 0.5) is 0 Å². The lowest BCUT2D eigenvalue weighted by atomic mass is 10.0. The zero-order chi connectivity index (χ0) is 24.1. The molecule has 0 aromatic heterocycles. The second-order valence-electron chi connectivity index (χ2n) is 7.53. The summed E-state index contributed by atoms with van der Waals surface area (Å²) in [7, 11) is 0. The molecule has 0 radical (unpaired) electrons. The van der Waals surface area contributed by atoms with E-state index in [1.54, 1.807) is 25.6 Å². The fourth-order valence-corrected chi connectivity index (χ4v) is 3.54. The van der Waals surface area contributed by atoms with Crippen molar-refractivity contribution in [3.8, 4) is 0 Å². The molecule has 7 N–H and O–H groups in total. The molecule has 0 aliphatic heterocycles. The number of carbonyl (C=O) groups excluding carboxylic acids is 3. The van der Waals surface area contributed by atoms with E-state index in [0.29, 0.717) is 24.3 Å². The summed E-state index contributed by atoms with van der Waals surface area (Å²) in [5.74, 6) is -2.31. The highest BCUT2D eigenvalue weighted by Crippen LogP contribution is 2.07. The Morgan fingerprint density at radius 1 is 0.839 bits per heavy atom. The molecule has 5 atom stereocenters. The Morgan fingerprint density at radius 3 is 1.81 bits per heavy atom. The van der Waals surface area contributed by atoms with E-state index in [4.69, 9.17) is 5.73 Å². The normalized spacial score (nSPS) is 16.0. The average Bonchev–Trinajstić information content (AvgIpc) is 2.69. The fourth-order valence-electron chi connectivity index (χ4n) is 2.57. The van der Waals surface area contributed by atoms with Crippen molar-refractivity contribution in [1.29, 1.82) is 0 Å². The van der Waals surface area contributed by atoms with Crippen LogP contribution in [-0.2, 0) is 19.2 Å². The summed E-state index contributed by atoms with van der Waals surface area (Å²) in [5.41, 5.74) is 5.87. The third-order valence-electron chi connectivity index (χ3n) is 4.51. The zero-order valence-corrected chi connectivity index (χ0v) is 20.3. The van der Waals surface area contributed by atoms with E-state index in [1.807, 2.05) is 12.5 Å². The second-order valence-corrected chi connectivity index (χ2v) is 9.50. The number of nitrogens with two attached hydrogens (primary N) is 1. The lowest BCUT2D eigenvalue weighted by Crippen LogP contribution is -2.60. The number of nitrogens with one attached hydrogen (secondary N) is 3. The summed E-state index contributed by atoms with van der Waals surface area (Å²) in [6.07, 6.45) is 3.21. The molecule has 12 heteroatoms. The Morgan fingerprint density at radius 2 is 1.35 bits per heavy atom. The molecule has 0 saturated carbocycles. The van der Waals surface area contributed by atoms with Crippen LogP contribution in [0.1, 0.15) is 33.6 Å². The Bertz CT molecular complexity index is 606. The molecule has 5 unspecified atom stereocenters. The lowest BCUT2D eigenvalue weighted by molar-refractivity contribution is -0.144. The van der Waals surface area contributed by atoms with E-state index in [-0.39, 0.29) is 0 Å². The van der Waals surface area contributed by atoms with Gasteiger partial charge in [-0.3, -0.25) is 14.4 Å². The third kappa shape index (κ3) is 11.1. The number of amides is 3. The summed E-state index contributed by atoms with van der Waals surface area (Å²) in [4.78, 5) is 49.1. The van der Waals surface area contributed by atoms with Crippen LogP contribution >= 0.6 is 23.5 Å². The van der Waals surface area contributed by atoms with Crippen molar-refractivity contribution in [3.05, 3.63) is 0 Å². The maximum absolute atomic E-state index is 12.8. The lowest BCUT2D eigenvalue weighted by Gasteiger charge is -2.27. The molecule has 180 valence electrons. The topological polar surface area (TPSA) is 171 Å². The second kappa shape index (κ2) is 15.3. The first-order valence-electron chi connectivity index (χ1n) is 10.0. The molecule has 0 aromatic rings. The first-order valence-corrected chi connectivity index (χ1v) is 12.8. The van der Waals surface area contributed by atoms with Gasteiger partial charge >= 0.3 is 5.97 Å². The standard InChI is InChI=1S/C19H36N4O6S2/c1-10(2)14(19(28)29)22-18(27)15(11(3)24)23-17(26)13(7-9-31-5)21-16(25)12(20)6-8-30-4/h10-15,24H,6-9,20H2,1-5H3,(H,21,25)(H,22,27)(H,23,26)(H,28,29). The average molecular weight is 481 g/mol. The number of carboxylic acid groups (broad SMARTS) is 1. The quantitative estimate of drug-likeness (QED) is 0.179. The molecule has 3 amide bonds. The van der Waals surface area contributed by atoms with Gasteiger partial charge in [-0.15, -0.1) is 0 Å². The summed E-state index contributed by atoms with van der Waals surface area (Å²) in [6, 6.07) is -4.27. The van der Waals surface area contributed by atoms with Crippen molar-refractivity contribution in [2.75, 3.05) is 24.0 Å². The molecule has 0 aromatic carbocycles. The number of carbonyl (C=O) groups is 4. The van der Waals surface area contributed by atoms with E-state index < -0.39 is 59.9 Å². The minimum Gasteiger partial charge on any atom is -0.480 e. The predicted octanol–water partition coefficient (Wildman–Crippen LogP) is -0.604. The maximum Gasteiger partial charge on any atom is 0.326 e. The molecule has 0 bridgehead atoms. The summed E-state index contributed by atoms with van der Waals surface area (Å²) >= 11 is 3.04. The van der Waals surface area contributed by atoms with Gasteiger partial charge in [0.05, 0.1) is 12.1 Å². The first kappa shape index (κ1) is 29.5. The molecule has 0 heterocycles. The van der Waals surface area contributed by atoms with Gasteiger partial charge < -0.3 is 31.9 Å². The van der Waals surface area contributed by atoms with Gasteiger partial charge in [-0.2, -0.15) is 23.5 Å². The van der Waals surface area contributed by atoms with Gasteiger partial charge in [0, 0.05) is 0 Å². The maximum atomic E-state index is 12.8. The molecule has 0 spiro atoms. The van der Waals surface area contributed by atoms with Crippen molar-refractivity contribution in [2.45, 2.75) is 63.9 Å². The van der Waals surface area contributed by atoms with Gasteiger partial charge in [0.1, 0.15) is 18.1 Å². The Hall–Kier alpha value is -1.50. The van der Waals surface area contributed by atoms with Crippen molar-refractivity contribution in [1.82, 2.24) is 16.0 Å². The van der Waals surface area contributed by atoms with Crippen LogP contribution in [0.5, 0.6) is 0 Å². The number of aliphatic hydroxyl groups excluding tert-OH is 1. The van der Waals surface area contributed by atoms with Crippen molar-refractivity contribution in [2.24, 2.45) is 11.7 Å². The number of aliphatic carboxylic acids is 1. The molecular weight excluding hydrogens is 444 g/mol. The minimum atomic E-state index is -1.38. The van der Waals surface area contributed by atoms with Gasteiger partial charge in [-0.25, -0.2) is 4.79 Å². The molecule has 0 rings (SSSR count). The van der Waals surface area contributed by atoms with Gasteiger partial charge in [0.15, 0.2) is 0 Å². The number of rotatable bonds is 15. The van der Waals surface area contributed by atoms with Crippen LogP contribution in [0, 0.1) is 5.92 Å². The number of hydrogen-bond donors (Lipinski definition) is 6. The van der Waals surface area contributed by atoms with Crippen LogP contribution in [-0.4, -0.2) is 88.2 Å². The largest absolute Gasteiger partial charge is 0.480 e. The zero-order valence-electron chi connectivity index (χ0n) is 18.7. The number of carboxylic acids is 1. The van der Waals surface area contributed by atoms with Gasteiger partial charge in [-0.1, -0.05) is 13.8 Å². The summed E-state index contributed by atoms with van der Waals surface area (Å²) in [5, 5.41) is 26.7. The summed E-state index contributed by atoms with van der Waals surface area (Å²) < 4.78 is 0. The van der Waals surface area contributed by atoms with Gasteiger partial charge in [0.2, 0.25) is 17.7 Å². The van der Waals surface area contributed by atoms with Crippen molar-refractivity contribution >= 4 is 47.2 Å². The van der Waals surface area contributed by atoms with Crippen LogP contribution in [0.3, 0.4) is 0 Å². The fraction of sp³-hybridized carbons (Fsp3) is 0.789. The highest BCUT2D eigenvalue weighted by atomic mass is 32.2. The van der Waals surface area contributed by atoms with Crippen LogP contribution in [0.25, 0.3) is 0 Å². The van der Waals surface area contributed by atoms with Crippen LogP contribution in [0.2, 0.25) is 0 Å². The Labute approximate surface area is 192 Å². The highest BCUT2D eigenvalue weighted by molar-refractivity contribution is 7.98. The van der Waals surface area contributed by atoms with Crippen LogP contribution < -0.4 is 21.7 Å². The molecule has 10 nitrogen and oxygen atoms in total. The molecule has 31 heavy (non-hydrogen) atoms. The van der Waals surface area contributed by atoms with Crippen LogP contribution in [0.15, 0.2) is 0 Å². The number of thioether (sulfide) groups is 2. The minimum absolute atomic E-state index is 0.298. The molecule has 0 saturated heterocycles. The molecule has 0 aliphatic carbocycles. The third-order valence-corrected chi connectivity index (χ3v) is 5.79.